The fraction of sp³-hybridized carbons (Fsp3) is 0.588. The van der Waals surface area contributed by atoms with Crippen LogP contribution in [0.5, 0.6) is 0 Å². The minimum atomic E-state index is -1.07. The average Bonchev–Trinajstić information content (AvgIpc) is 2.58. The van der Waals surface area contributed by atoms with Crippen LogP contribution in [-0.4, -0.2) is 48.5 Å². The predicted molar refractivity (Wildman–Crippen MR) is 86.6 cm³/mol. The third-order valence-electron chi connectivity index (χ3n) is 3.82. The van der Waals surface area contributed by atoms with Gasteiger partial charge < -0.3 is 19.7 Å². The zero-order valence-corrected chi connectivity index (χ0v) is 13.3. The van der Waals surface area contributed by atoms with Gasteiger partial charge in [0, 0.05) is 18.9 Å². The first-order valence-electron chi connectivity index (χ1n) is 8.13. The number of hydrogen-bond acceptors (Lipinski definition) is 4. The molecule has 128 valence electrons. The molecule has 2 rings (SSSR count). The van der Waals surface area contributed by atoms with E-state index < -0.39 is 12.2 Å². The van der Waals surface area contributed by atoms with Crippen molar-refractivity contribution in [1.29, 1.82) is 0 Å². The predicted octanol–water partition coefficient (Wildman–Crippen LogP) is 2.86. The Balaban J connectivity index is 1.70. The molecule has 0 radical (unpaired) electrons. The van der Waals surface area contributed by atoms with Crippen LogP contribution in [0.25, 0.3) is 0 Å². The van der Waals surface area contributed by atoms with Crippen LogP contribution >= 0.6 is 0 Å². The second kappa shape index (κ2) is 9.50. The molecule has 2 atom stereocenters. The summed E-state index contributed by atoms with van der Waals surface area (Å²) in [5.74, 6) is 0. The van der Waals surface area contributed by atoms with Gasteiger partial charge in [0.05, 0.1) is 12.6 Å². The molecule has 0 aromatic heterocycles. The van der Waals surface area contributed by atoms with E-state index in [0.717, 1.165) is 30.8 Å². The average molecular weight is 323 g/mol. The van der Waals surface area contributed by atoms with Gasteiger partial charge in [-0.05, 0) is 44.2 Å². The van der Waals surface area contributed by atoms with Crippen molar-refractivity contribution in [2.45, 2.75) is 44.5 Å². The lowest BCUT2D eigenvalue weighted by atomic mass is 10.2. The molecule has 2 unspecified atom stereocenters. The van der Waals surface area contributed by atoms with Gasteiger partial charge in [-0.1, -0.05) is 18.2 Å². The molecule has 1 fully saturated rings. The van der Waals surface area contributed by atoms with Crippen molar-refractivity contribution in [1.82, 2.24) is 0 Å². The normalized spacial score (nSPS) is 19.3. The van der Waals surface area contributed by atoms with Gasteiger partial charge in [-0.3, -0.25) is 4.90 Å². The zero-order chi connectivity index (χ0) is 16.5. The molecule has 1 aliphatic rings. The second-order valence-corrected chi connectivity index (χ2v) is 5.69. The fourth-order valence-electron chi connectivity index (χ4n) is 2.58. The van der Waals surface area contributed by atoms with Gasteiger partial charge in [0.15, 0.2) is 6.29 Å². The summed E-state index contributed by atoms with van der Waals surface area (Å²) < 4.78 is 11.1. The molecular formula is C17H25NO5. The lowest BCUT2D eigenvalue weighted by molar-refractivity contribution is -0.163. The molecule has 23 heavy (non-hydrogen) atoms. The maximum Gasteiger partial charge on any atom is 0.411 e. The van der Waals surface area contributed by atoms with Crippen molar-refractivity contribution < 1.29 is 24.5 Å². The molecule has 1 amide bonds. The van der Waals surface area contributed by atoms with E-state index in [0.29, 0.717) is 25.1 Å². The molecule has 1 aromatic carbocycles. The Morgan fingerprint density at radius 1 is 1.35 bits per heavy atom. The molecule has 1 heterocycles. The molecule has 0 bridgehead atoms. The van der Waals surface area contributed by atoms with Crippen molar-refractivity contribution >= 4 is 11.8 Å². The SMILES string of the molecule is O=C(O)N(CC(O)CCCOC1CCCCO1)c1ccccc1. The lowest BCUT2D eigenvalue weighted by Gasteiger charge is -2.24. The van der Waals surface area contributed by atoms with Gasteiger partial charge in [0.1, 0.15) is 0 Å². The molecular weight excluding hydrogens is 298 g/mol. The van der Waals surface area contributed by atoms with Crippen LogP contribution in [0.3, 0.4) is 0 Å². The highest BCUT2D eigenvalue weighted by atomic mass is 16.7. The number of para-hydroxylation sites is 1. The molecule has 2 N–H and O–H groups in total. The van der Waals surface area contributed by atoms with Gasteiger partial charge in [0.2, 0.25) is 0 Å². The summed E-state index contributed by atoms with van der Waals surface area (Å²) in [6.45, 7) is 1.32. The number of amides is 1. The highest BCUT2D eigenvalue weighted by molar-refractivity contribution is 5.85. The van der Waals surface area contributed by atoms with Crippen molar-refractivity contribution in [2.75, 3.05) is 24.7 Å². The second-order valence-electron chi connectivity index (χ2n) is 5.69. The van der Waals surface area contributed by atoms with Crippen LogP contribution in [0.1, 0.15) is 32.1 Å². The number of carboxylic acid groups (broad SMARTS) is 1. The molecule has 0 spiro atoms. The largest absolute Gasteiger partial charge is 0.465 e. The Kier molecular flexibility index (Phi) is 7.32. The van der Waals surface area contributed by atoms with Crippen LogP contribution in [0.2, 0.25) is 0 Å². The van der Waals surface area contributed by atoms with E-state index in [4.69, 9.17) is 9.47 Å². The minimum absolute atomic E-state index is 0.0548. The van der Waals surface area contributed by atoms with Crippen molar-refractivity contribution in [2.24, 2.45) is 0 Å². The number of aliphatic hydroxyl groups is 1. The minimum Gasteiger partial charge on any atom is -0.465 e. The lowest BCUT2D eigenvalue weighted by Crippen LogP contribution is -2.36. The van der Waals surface area contributed by atoms with E-state index in [2.05, 4.69) is 0 Å². The third-order valence-corrected chi connectivity index (χ3v) is 3.82. The van der Waals surface area contributed by atoms with E-state index in [1.807, 2.05) is 6.07 Å². The van der Waals surface area contributed by atoms with Gasteiger partial charge >= 0.3 is 6.09 Å². The molecule has 1 aromatic rings. The molecule has 0 saturated carbocycles. The van der Waals surface area contributed by atoms with Crippen molar-refractivity contribution in [3.05, 3.63) is 30.3 Å². The van der Waals surface area contributed by atoms with E-state index in [1.54, 1.807) is 24.3 Å². The summed E-state index contributed by atoms with van der Waals surface area (Å²) in [5.41, 5.74) is 0.561. The number of hydrogen-bond donors (Lipinski definition) is 2. The first-order chi connectivity index (χ1) is 11.2. The van der Waals surface area contributed by atoms with Crippen LogP contribution in [0, 0.1) is 0 Å². The maximum atomic E-state index is 11.3. The first-order valence-corrected chi connectivity index (χ1v) is 8.13. The molecule has 6 nitrogen and oxygen atoms in total. The van der Waals surface area contributed by atoms with Crippen LogP contribution < -0.4 is 4.90 Å². The van der Waals surface area contributed by atoms with Crippen LogP contribution in [-0.2, 0) is 9.47 Å². The Morgan fingerprint density at radius 3 is 2.78 bits per heavy atom. The number of anilines is 1. The van der Waals surface area contributed by atoms with E-state index in [9.17, 15) is 15.0 Å². The number of ether oxygens (including phenoxy) is 2. The Hall–Kier alpha value is -1.63. The first kappa shape index (κ1) is 17.7. The van der Waals surface area contributed by atoms with Gasteiger partial charge in [-0.15, -0.1) is 0 Å². The molecule has 1 aliphatic heterocycles. The summed E-state index contributed by atoms with van der Waals surface area (Å²) >= 11 is 0. The van der Waals surface area contributed by atoms with Crippen molar-refractivity contribution in [3.8, 4) is 0 Å². The number of aliphatic hydroxyl groups excluding tert-OH is 1. The van der Waals surface area contributed by atoms with E-state index in [1.165, 1.54) is 0 Å². The highest BCUT2D eigenvalue weighted by Crippen LogP contribution is 2.16. The Labute approximate surface area is 136 Å². The van der Waals surface area contributed by atoms with Crippen LogP contribution in [0.15, 0.2) is 30.3 Å². The summed E-state index contributed by atoms with van der Waals surface area (Å²) in [6, 6.07) is 8.80. The Morgan fingerprint density at radius 2 is 2.13 bits per heavy atom. The maximum absolute atomic E-state index is 11.3. The smallest absolute Gasteiger partial charge is 0.411 e. The summed E-state index contributed by atoms with van der Waals surface area (Å²) in [4.78, 5) is 12.5. The monoisotopic (exact) mass is 323 g/mol. The summed E-state index contributed by atoms with van der Waals surface area (Å²) in [6.07, 6.45) is 2.38. The number of carbonyl (C=O) groups is 1. The summed E-state index contributed by atoms with van der Waals surface area (Å²) in [5, 5.41) is 19.4. The van der Waals surface area contributed by atoms with Crippen molar-refractivity contribution in [3.63, 3.8) is 0 Å². The quantitative estimate of drug-likeness (QED) is 0.719. The number of rotatable bonds is 8. The standard InChI is InChI=1S/C17H25NO5/c19-15(9-6-12-23-16-10-4-5-11-22-16)13-18(17(20)21)14-7-2-1-3-8-14/h1-3,7-8,15-16,19H,4-6,9-13H2,(H,20,21). The molecule has 0 aliphatic carbocycles. The molecule has 6 heteroatoms. The Bertz CT molecular complexity index is 461. The molecule has 1 saturated heterocycles. The van der Waals surface area contributed by atoms with Gasteiger partial charge in [-0.25, -0.2) is 4.79 Å². The number of nitrogens with zero attached hydrogens (tertiary/aromatic N) is 1. The van der Waals surface area contributed by atoms with Crippen LogP contribution in [0.4, 0.5) is 10.5 Å². The van der Waals surface area contributed by atoms with E-state index in [-0.39, 0.29) is 12.8 Å². The number of benzene rings is 1. The van der Waals surface area contributed by atoms with Gasteiger partial charge in [-0.2, -0.15) is 0 Å². The van der Waals surface area contributed by atoms with Gasteiger partial charge in [0.25, 0.3) is 0 Å². The summed E-state index contributed by atoms with van der Waals surface area (Å²) in [7, 11) is 0. The van der Waals surface area contributed by atoms with E-state index >= 15 is 0 Å². The highest BCUT2D eigenvalue weighted by Gasteiger charge is 2.19. The third kappa shape index (κ3) is 6.17. The zero-order valence-electron chi connectivity index (χ0n) is 13.3. The fourth-order valence-corrected chi connectivity index (χ4v) is 2.58. The topological polar surface area (TPSA) is 79.2 Å².